The number of nitrogens with zero attached hydrogens (tertiary/aromatic N) is 3. The summed E-state index contributed by atoms with van der Waals surface area (Å²) in [5, 5.41) is 7.28. The highest BCUT2D eigenvalue weighted by atomic mass is 16.5. The third-order valence-electron chi connectivity index (χ3n) is 5.16. The molecule has 0 fully saturated rings. The molecule has 180 valence electrons. The fraction of sp³-hybridized carbons (Fsp3) is 0.0769. The Labute approximate surface area is 205 Å². The Morgan fingerprint density at radius 3 is 2.61 bits per heavy atom. The largest absolute Gasteiger partial charge is 0.497 e. The number of benzene rings is 2. The highest BCUT2D eigenvalue weighted by Gasteiger charge is 2.18. The maximum absolute atomic E-state index is 12.8. The predicted octanol–water partition coefficient (Wildman–Crippen LogP) is 3.91. The van der Waals surface area contributed by atoms with Gasteiger partial charge in [-0.2, -0.15) is 9.78 Å². The summed E-state index contributed by atoms with van der Waals surface area (Å²) in [6, 6.07) is 22.7. The lowest BCUT2D eigenvalue weighted by Crippen LogP contribution is -2.23. The van der Waals surface area contributed by atoms with Gasteiger partial charge in [0.2, 0.25) is 5.95 Å². The van der Waals surface area contributed by atoms with E-state index in [0.717, 1.165) is 5.56 Å². The second-order valence-electron chi connectivity index (χ2n) is 7.64. The Bertz CT molecular complexity index is 1540. The van der Waals surface area contributed by atoms with Crippen molar-refractivity contribution in [3.8, 4) is 40.2 Å². The number of methoxy groups -OCH3 is 1. The summed E-state index contributed by atoms with van der Waals surface area (Å²) in [6.07, 6.45) is 1.52. The minimum Gasteiger partial charge on any atom is -0.497 e. The van der Waals surface area contributed by atoms with E-state index < -0.39 is 5.91 Å². The third kappa shape index (κ3) is 5.02. The molecule has 36 heavy (non-hydrogen) atoms. The molecular formula is C26H21N5O5. The quantitative estimate of drug-likeness (QED) is 0.343. The van der Waals surface area contributed by atoms with E-state index in [0.29, 0.717) is 28.6 Å². The molecule has 5 aromatic rings. The maximum Gasteiger partial charge on any atom is 0.263 e. The molecule has 0 aliphatic carbocycles. The smallest absolute Gasteiger partial charge is 0.263 e. The van der Waals surface area contributed by atoms with Crippen LogP contribution in [0.3, 0.4) is 0 Å². The van der Waals surface area contributed by atoms with Crippen LogP contribution < -0.4 is 20.3 Å². The molecule has 0 atom stereocenters. The minimum atomic E-state index is -0.438. The molecule has 0 radical (unpaired) electrons. The monoisotopic (exact) mass is 483 g/mol. The second kappa shape index (κ2) is 10.0. The summed E-state index contributed by atoms with van der Waals surface area (Å²) in [7, 11) is 1.55. The van der Waals surface area contributed by atoms with Crippen LogP contribution in [-0.2, 0) is 4.79 Å². The third-order valence-corrected chi connectivity index (χ3v) is 5.16. The number of furan rings is 1. The summed E-state index contributed by atoms with van der Waals surface area (Å²) >= 11 is 0. The molecule has 0 aliphatic rings. The number of hydrogen-bond donors (Lipinski definition) is 2. The molecule has 2 N–H and O–H groups in total. The SMILES string of the molecule is COc1cccc(OCC(=O)Nc2cc(-c3ccco3)nn2-c2nc(-c3ccccc3)cc(=O)[nH]2)c1. The highest BCUT2D eigenvalue weighted by Crippen LogP contribution is 2.25. The van der Waals surface area contributed by atoms with Crippen molar-refractivity contribution in [2.75, 3.05) is 19.0 Å². The molecule has 10 heteroatoms. The van der Waals surface area contributed by atoms with Gasteiger partial charge in [0.05, 0.1) is 19.1 Å². The molecule has 2 aromatic carbocycles. The van der Waals surface area contributed by atoms with Crippen molar-refractivity contribution in [2.45, 2.75) is 0 Å². The van der Waals surface area contributed by atoms with Crippen LogP contribution in [0.25, 0.3) is 28.7 Å². The molecule has 0 saturated heterocycles. The summed E-state index contributed by atoms with van der Waals surface area (Å²) in [4.78, 5) is 32.5. The van der Waals surface area contributed by atoms with Crippen molar-refractivity contribution in [3.05, 3.63) is 95.5 Å². The van der Waals surface area contributed by atoms with Crippen LogP contribution >= 0.6 is 0 Å². The zero-order valence-corrected chi connectivity index (χ0v) is 19.2. The van der Waals surface area contributed by atoms with Gasteiger partial charge in [-0.05, 0) is 24.3 Å². The molecule has 0 spiro atoms. The van der Waals surface area contributed by atoms with Crippen LogP contribution in [0.5, 0.6) is 11.5 Å². The molecule has 5 rings (SSSR count). The molecule has 0 bridgehead atoms. The van der Waals surface area contributed by atoms with Crippen LogP contribution in [0.4, 0.5) is 5.82 Å². The highest BCUT2D eigenvalue weighted by molar-refractivity contribution is 5.91. The van der Waals surface area contributed by atoms with Crippen molar-refractivity contribution in [2.24, 2.45) is 0 Å². The summed E-state index contributed by atoms with van der Waals surface area (Å²) in [5.74, 6) is 1.54. The first-order valence-electron chi connectivity index (χ1n) is 11.0. The molecule has 3 heterocycles. The summed E-state index contributed by atoms with van der Waals surface area (Å²) in [5.41, 5.74) is 1.30. The molecule has 10 nitrogen and oxygen atoms in total. The second-order valence-corrected chi connectivity index (χ2v) is 7.64. The van der Waals surface area contributed by atoms with E-state index in [2.05, 4.69) is 20.4 Å². The lowest BCUT2D eigenvalue weighted by Gasteiger charge is -2.10. The summed E-state index contributed by atoms with van der Waals surface area (Å²) in [6.45, 7) is -0.261. The fourth-order valence-electron chi connectivity index (χ4n) is 3.50. The van der Waals surface area contributed by atoms with Crippen molar-refractivity contribution in [3.63, 3.8) is 0 Å². The van der Waals surface area contributed by atoms with Gasteiger partial charge in [0.25, 0.3) is 11.5 Å². The van der Waals surface area contributed by atoms with Gasteiger partial charge in [0, 0.05) is 23.8 Å². The number of hydrogen-bond acceptors (Lipinski definition) is 7. The van der Waals surface area contributed by atoms with E-state index in [1.807, 2.05) is 30.3 Å². The Hall–Kier alpha value is -5.12. The minimum absolute atomic E-state index is 0.128. The van der Waals surface area contributed by atoms with Gasteiger partial charge in [-0.25, -0.2) is 4.98 Å². The van der Waals surface area contributed by atoms with Gasteiger partial charge in [-0.3, -0.25) is 14.6 Å². The van der Waals surface area contributed by atoms with Crippen molar-refractivity contribution >= 4 is 11.7 Å². The number of aromatic nitrogens is 4. The topological polar surface area (TPSA) is 124 Å². The first-order valence-corrected chi connectivity index (χ1v) is 11.0. The number of carbonyl (C=O) groups excluding carboxylic acids is 1. The van der Waals surface area contributed by atoms with Crippen molar-refractivity contribution < 1.29 is 18.7 Å². The number of carbonyl (C=O) groups is 1. The van der Waals surface area contributed by atoms with Crippen LogP contribution in [0.2, 0.25) is 0 Å². The number of aromatic amines is 1. The summed E-state index contributed by atoms with van der Waals surface area (Å²) < 4.78 is 17.6. The molecule has 0 unspecified atom stereocenters. The van der Waals surface area contributed by atoms with Crippen LogP contribution in [0.15, 0.2) is 94.3 Å². The zero-order valence-electron chi connectivity index (χ0n) is 19.2. The standard InChI is InChI=1S/C26H21N5O5/c1-34-18-9-5-10-19(13-18)36-16-25(33)28-23-14-21(22-11-6-12-35-22)30-31(23)26-27-20(15-24(32)29-26)17-7-3-2-4-8-17/h2-15H,16H2,1H3,(H,28,33)(H,27,29,32). The molecule has 3 aromatic heterocycles. The van der Waals surface area contributed by atoms with E-state index in [-0.39, 0.29) is 23.9 Å². The van der Waals surface area contributed by atoms with Gasteiger partial charge in [0.15, 0.2) is 12.4 Å². The van der Waals surface area contributed by atoms with Crippen LogP contribution in [-0.4, -0.2) is 39.4 Å². The molecule has 0 aliphatic heterocycles. The van der Waals surface area contributed by atoms with E-state index in [1.165, 1.54) is 17.0 Å². The van der Waals surface area contributed by atoms with E-state index in [4.69, 9.17) is 13.9 Å². The lowest BCUT2D eigenvalue weighted by atomic mass is 10.1. The van der Waals surface area contributed by atoms with Crippen molar-refractivity contribution in [1.29, 1.82) is 0 Å². The average Bonchev–Trinajstić information content (AvgIpc) is 3.58. The van der Waals surface area contributed by atoms with Crippen molar-refractivity contribution in [1.82, 2.24) is 19.7 Å². The number of amides is 1. The van der Waals surface area contributed by atoms with Crippen LogP contribution in [0, 0.1) is 0 Å². The Balaban J connectivity index is 1.45. The number of H-pyrrole nitrogens is 1. The van der Waals surface area contributed by atoms with Gasteiger partial charge in [-0.15, -0.1) is 0 Å². The molecular weight excluding hydrogens is 462 g/mol. The Kier molecular flexibility index (Phi) is 6.31. The van der Waals surface area contributed by atoms with Gasteiger partial charge in [-0.1, -0.05) is 36.4 Å². The number of rotatable bonds is 8. The van der Waals surface area contributed by atoms with E-state index in [9.17, 15) is 9.59 Å². The number of anilines is 1. The average molecular weight is 483 g/mol. The Morgan fingerprint density at radius 2 is 1.83 bits per heavy atom. The predicted molar refractivity (Wildman–Crippen MR) is 132 cm³/mol. The lowest BCUT2D eigenvalue weighted by molar-refractivity contribution is -0.118. The molecule has 0 saturated carbocycles. The van der Waals surface area contributed by atoms with Crippen LogP contribution in [0.1, 0.15) is 0 Å². The first kappa shape index (κ1) is 22.7. The van der Waals surface area contributed by atoms with E-state index >= 15 is 0 Å². The zero-order chi connectivity index (χ0) is 24.9. The maximum atomic E-state index is 12.8. The normalized spacial score (nSPS) is 10.7. The first-order chi connectivity index (χ1) is 17.6. The molecule has 1 amide bonds. The number of nitrogens with one attached hydrogen (secondary N) is 2. The Morgan fingerprint density at radius 1 is 1.00 bits per heavy atom. The number of ether oxygens (including phenoxy) is 2. The van der Waals surface area contributed by atoms with Gasteiger partial charge in [0.1, 0.15) is 23.0 Å². The fourth-order valence-corrected chi connectivity index (χ4v) is 3.50. The van der Waals surface area contributed by atoms with Gasteiger partial charge >= 0.3 is 0 Å². The van der Waals surface area contributed by atoms with Gasteiger partial charge < -0.3 is 19.2 Å². The van der Waals surface area contributed by atoms with E-state index in [1.54, 1.807) is 49.6 Å².